The van der Waals surface area contributed by atoms with Gasteiger partial charge in [-0.25, -0.2) is 13.2 Å². The van der Waals surface area contributed by atoms with Crippen LogP contribution in [0.25, 0.3) is 10.6 Å². The summed E-state index contributed by atoms with van der Waals surface area (Å²) in [5.74, 6) is -1.95. The number of halogens is 4. The first-order valence-corrected chi connectivity index (χ1v) is 10.1. The Morgan fingerprint density at radius 2 is 1.72 bits per heavy atom. The van der Waals surface area contributed by atoms with Crippen LogP contribution >= 0.6 is 22.9 Å². The number of rotatable bonds is 3. The van der Waals surface area contributed by atoms with Crippen LogP contribution in [-0.2, 0) is 0 Å². The minimum atomic E-state index is -0.677. The fourth-order valence-corrected chi connectivity index (χ4v) is 4.62. The van der Waals surface area contributed by atoms with Crippen molar-refractivity contribution in [1.82, 2.24) is 15.1 Å². The van der Waals surface area contributed by atoms with Crippen LogP contribution in [0.4, 0.5) is 13.2 Å². The molecule has 150 valence electrons. The van der Waals surface area contributed by atoms with E-state index >= 15 is 0 Å². The Bertz CT molecular complexity index is 1070. The normalized spacial score (nSPS) is 15.0. The molecule has 1 aliphatic heterocycles. The summed E-state index contributed by atoms with van der Waals surface area (Å²) >= 11 is 7.27. The molecule has 1 amide bonds. The number of carbonyl (C=O) groups is 1. The summed E-state index contributed by atoms with van der Waals surface area (Å²) < 4.78 is 40.3. The largest absolute Gasteiger partial charge is 0.339 e. The van der Waals surface area contributed by atoms with Gasteiger partial charge in [-0.15, -0.1) is 10.2 Å². The molecule has 2 heterocycles. The Hall–Kier alpha value is -2.45. The highest BCUT2D eigenvalue weighted by Gasteiger charge is 2.28. The summed E-state index contributed by atoms with van der Waals surface area (Å²) in [6.45, 7) is 0.994. The molecule has 0 N–H and O–H groups in total. The monoisotopic (exact) mass is 437 g/mol. The molecule has 0 aliphatic carbocycles. The first-order chi connectivity index (χ1) is 13.9. The minimum absolute atomic E-state index is 0.0900. The number of nitrogens with zero attached hydrogens (tertiary/aromatic N) is 3. The zero-order chi connectivity index (χ0) is 20.5. The van der Waals surface area contributed by atoms with Crippen molar-refractivity contribution >= 4 is 28.8 Å². The average molecular weight is 438 g/mol. The number of aromatic nitrogens is 2. The van der Waals surface area contributed by atoms with Crippen LogP contribution in [0.15, 0.2) is 36.4 Å². The van der Waals surface area contributed by atoms with Gasteiger partial charge in [-0.3, -0.25) is 4.79 Å². The molecule has 1 saturated heterocycles. The molecule has 4 rings (SSSR count). The number of benzene rings is 2. The lowest BCUT2D eigenvalue weighted by Crippen LogP contribution is -2.38. The highest BCUT2D eigenvalue weighted by molar-refractivity contribution is 7.14. The third-order valence-corrected chi connectivity index (χ3v) is 6.33. The Balaban J connectivity index is 1.43. The molecular formula is C20H15ClF3N3OS. The van der Waals surface area contributed by atoms with Gasteiger partial charge in [-0.05, 0) is 43.2 Å². The van der Waals surface area contributed by atoms with E-state index in [1.807, 2.05) is 0 Å². The van der Waals surface area contributed by atoms with Crippen LogP contribution < -0.4 is 0 Å². The van der Waals surface area contributed by atoms with Gasteiger partial charge in [0.1, 0.15) is 22.5 Å². The van der Waals surface area contributed by atoms with E-state index in [9.17, 15) is 18.0 Å². The van der Waals surface area contributed by atoms with Gasteiger partial charge < -0.3 is 4.90 Å². The topological polar surface area (TPSA) is 46.1 Å². The molecule has 3 aromatic rings. The predicted molar refractivity (Wildman–Crippen MR) is 105 cm³/mol. The molecule has 0 atom stereocenters. The van der Waals surface area contributed by atoms with Crippen LogP contribution in [0.3, 0.4) is 0 Å². The van der Waals surface area contributed by atoms with E-state index in [4.69, 9.17) is 11.6 Å². The van der Waals surface area contributed by atoms with Crippen LogP contribution in [-0.4, -0.2) is 34.1 Å². The van der Waals surface area contributed by atoms with Crippen molar-refractivity contribution in [3.63, 3.8) is 0 Å². The van der Waals surface area contributed by atoms with Crippen molar-refractivity contribution in [2.75, 3.05) is 13.1 Å². The number of amides is 1. The summed E-state index contributed by atoms with van der Waals surface area (Å²) in [7, 11) is 0. The van der Waals surface area contributed by atoms with Gasteiger partial charge in [0.15, 0.2) is 5.01 Å². The third-order valence-electron chi connectivity index (χ3n) is 4.90. The third kappa shape index (κ3) is 4.13. The van der Waals surface area contributed by atoms with Crippen molar-refractivity contribution in [2.45, 2.75) is 18.8 Å². The van der Waals surface area contributed by atoms with E-state index in [2.05, 4.69) is 10.2 Å². The second-order valence-corrected chi connectivity index (χ2v) is 8.18. The second-order valence-electron chi connectivity index (χ2n) is 6.76. The molecule has 1 aliphatic rings. The Labute approximate surface area is 173 Å². The van der Waals surface area contributed by atoms with E-state index < -0.39 is 17.5 Å². The van der Waals surface area contributed by atoms with Crippen LogP contribution in [0.5, 0.6) is 0 Å². The first kappa shape index (κ1) is 19.8. The maximum absolute atomic E-state index is 14.0. The van der Waals surface area contributed by atoms with E-state index in [1.54, 1.807) is 4.90 Å². The summed E-state index contributed by atoms with van der Waals surface area (Å²) in [5, 5.41) is 9.47. The maximum Gasteiger partial charge on any atom is 0.255 e. The fourth-order valence-electron chi connectivity index (χ4n) is 3.33. The van der Waals surface area contributed by atoms with Crippen molar-refractivity contribution in [3.8, 4) is 10.6 Å². The molecule has 1 fully saturated rings. The average Bonchev–Trinajstić information content (AvgIpc) is 3.17. The molecular weight excluding hydrogens is 423 g/mol. The SMILES string of the molecule is O=C(c1ccc(F)cc1Cl)N1CCC(c2nnc(-c3ccc(F)cc3F)s2)CC1. The van der Waals surface area contributed by atoms with Crippen LogP contribution in [0, 0.1) is 17.5 Å². The van der Waals surface area contributed by atoms with Crippen molar-refractivity contribution in [1.29, 1.82) is 0 Å². The van der Waals surface area contributed by atoms with Gasteiger partial charge in [0.05, 0.1) is 10.6 Å². The molecule has 29 heavy (non-hydrogen) atoms. The summed E-state index contributed by atoms with van der Waals surface area (Å²) in [6.07, 6.45) is 1.34. The number of piperidine rings is 1. The van der Waals surface area contributed by atoms with Crippen molar-refractivity contribution < 1.29 is 18.0 Å². The lowest BCUT2D eigenvalue weighted by Gasteiger charge is -2.31. The first-order valence-electron chi connectivity index (χ1n) is 8.95. The molecule has 0 radical (unpaired) electrons. The van der Waals surface area contributed by atoms with E-state index in [0.29, 0.717) is 30.9 Å². The molecule has 4 nitrogen and oxygen atoms in total. The summed E-state index contributed by atoms with van der Waals surface area (Å²) in [6, 6.07) is 7.08. The lowest BCUT2D eigenvalue weighted by atomic mass is 9.97. The van der Waals surface area contributed by atoms with Crippen LogP contribution in [0.2, 0.25) is 5.02 Å². The molecule has 0 spiro atoms. The summed E-state index contributed by atoms with van der Waals surface area (Å²) in [4.78, 5) is 14.3. The molecule has 2 aromatic carbocycles. The van der Waals surface area contributed by atoms with Crippen molar-refractivity contribution in [3.05, 3.63) is 69.4 Å². The maximum atomic E-state index is 14.0. The van der Waals surface area contributed by atoms with Gasteiger partial charge in [0.25, 0.3) is 5.91 Å². The smallest absolute Gasteiger partial charge is 0.255 e. The molecule has 1 aromatic heterocycles. The van der Waals surface area contributed by atoms with E-state index in [1.165, 1.54) is 35.6 Å². The van der Waals surface area contributed by atoms with E-state index in [-0.39, 0.29) is 28.0 Å². The van der Waals surface area contributed by atoms with Crippen LogP contribution in [0.1, 0.15) is 34.1 Å². The second kappa shape index (κ2) is 8.12. The number of carbonyl (C=O) groups excluding carboxylic acids is 1. The predicted octanol–water partition coefficient (Wildman–Crippen LogP) is 5.30. The number of hydrogen-bond acceptors (Lipinski definition) is 4. The Morgan fingerprint density at radius 3 is 2.41 bits per heavy atom. The minimum Gasteiger partial charge on any atom is -0.339 e. The highest BCUT2D eigenvalue weighted by atomic mass is 35.5. The zero-order valence-electron chi connectivity index (χ0n) is 15.0. The van der Waals surface area contributed by atoms with Gasteiger partial charge in [0.2, 0.25) is 0 Å². The Kier molecular flexibility index (Phi) is 5.56. The molecule has 9 heteroatoms. The standard InChI is InChI=1S/C20H15ClF3N3OS/c21-16-9-12(22)1-3-14(16)20(28)27-7-5-11(6-8-27)18-25-26-19(29-18)15-4-2-13(23)10-17(15)24/h1-4,9-11H,5-8H2. The molecule has 0 unspecified atom stereocenters. The van der Waals surface area contributed by atoms with Crippen molar-refractivity contribution in [2.24, 2.45) is 0 Å². The van der Waals surface area contributed by atoms with Gasteiger partial charge in [-0.2, -0.15) is 0 Å². The van der Waals surface area contributed by atoms with Gasteiger partial charge in [-0.1, -0.05) is 22.9 Å². The number of likely N-dealkylation sites (tertiary alicyclic amines) is 1. The fraction of sp³-hybridized carbons (Fsp3) is 0.250. The molecule has 0 saturated carbocycles. The summed E-state index contributed by atoms with van der Waals surface area (Å²) in [5.41, 5.74) is 0.491. The van der Waals surface area contributed by atoms with E-state index in [0.717, 1.165) is 17.1 Å². The zero-order valence-corrected chi connectivity index (χ0v) is 16.6. The van der Waals surface area contributed by atoms with Gasteiger partial charge >= 0.3 is 0 Å². The number of hydrogen-bond donors (Lipinski definition) is 0. The highest BCUT2D eigenvalue weighted by Crippen LogP contribution is 2.35. The molecule has 0 bridgehead atoms. The quantitative estimate of drug-likeness (QED) is 0.559. The Morgan fingerprint density at radius 1 is 1.03 bits per heavy atom. The lowest BCUT2D eigenvalue weighted by molar-refractivity contribution is 0.0713. The van der Waals surface area contributed by atoms with Gasteiger partial charge in [0, 0.05) is 30.6 Å².